The maximum absolute atomic E-state index is 5.35. The van der Waals surface area contributed by atoms with E-state index >= 15 is 0 Å². The van der Waals surface area contributed by atoms with Crippen molar-refractivity contribution in [3.05, 3.63) is 21.9 Å². The summed E-state index contributed by atoms with van der Waals surface area (Å²) in [5.74, 6) is 7.12. The van der Waals surface area contributed by atoms with Gasteiger partial charge in [-0.05, 0) is 18.9 Å². The molecule has 2 N–H and O–H groups in total. The molecule has 0 unspecified atom stereocenters. The Hall–Kier alpha value is -0.430. The fourth-order valence-corrected chi connectivity index (χ4v) is 4.16. The highest BCUT2D eigenvalue weighted by Crippen LogP contribution is 2.32. The molecule has 1 saturated carbocycles. The topological polar surface area (TPSA) is 26.0 Å². The van der Waals surface area contributed by atoms with Crippen molar-refractivity contribution in [3.8, 4) is 11.8 Å². The van der Waals surface area contributed by atoms with Gasteiger partial charge in [-0.1, -0.05) is 24.7 Å². The molecule has 1 aliphatic carbocycles. The van der Waals surface area contributed by atoms with Crippen molar-refractivity contribution in [2.45, 2.75) is 36.7 Å². The zero-order valence-electron chi connectivity index (χ0n) is 9.37. The minimum absolute atomic E-state index is 0.446. The van der Waals surface area contributed by atoms with E-state index in [9.17, 15) is 0 Å². The van der Waals surface area contributed by atoms with Gasteiger partial charge in [0, 0.05) is 26.8 Å². The first-order valence-electron chi connectivity index (χ1n) is 5.76. The Morgan fingerprint density at radius 2 is 2.25 bits per heavy atom. The molecule has 1 aromatic rings. The number of rotatable bonds is 3. The SMILES string of the molecule is NCC#Cc1csc(CSC2CCCC2)c1. The van der Waals surface area contributed by atoms with Crippen molar-refractivity contribution < 1.29 is 0 Å². The maximum Gasteiger partial charge on any atom is 0.0555 e. The van der Waals surface area contributed by atoms with Gasteiger partial charge in [-0.2, -0.15) is 11.8 Å². The molecule has 0 aliphatic heterocycles. The Labute approximate surface area is 106 Å². The first-order chi connectivity index (χ1) is 7.88. The van der Waals surface area contributed by atoms with Crippen LogP contribution in [-0.2, 0) is 5.75 Å². The molecule has 86 valence electrons. The van der Waals surface area contributed by atoms with Crippen LogP contribution in [0.3, 0.4) is 0 Å². The molecule has 0 radical (unpaired) electrons. The van der Waals surface area contributed by atoms with Gasteiger partial charge in [0.15, 0.2) is 0 Å². The predicted molar refractivity (Wildman–Crippen MR) is 73.8 cm³/mol. The predicted octanol–water partition coefficient (Wildman–Crippen LogP) is 3.23. The number of thiophene rings is 1. The minimum Gasteiger partial charge on any atom is -0.320 e. The minimum atomic E-state index is 0.446. The lowest BCUT2D eigenvalue weighted by Gasteiger charge is -2.06. The largest absolute Gasteiger partial charge is 0.320 e. The summed E-state index contributed by atoms with van der Waals surface area (Å²) in [6.45, 7) is 0.446. The van der Waals surface area contributed by atoms with E-state index in [0.29, 0.717) is 6.54 Å². The summed E-state index contributed by atoms with van der Waals surface area (Å²) in [6.07, 6.45) is 5.68. The van der Waals surface area contributed by atoms with Crippen LogP contribution in [0.2, 0.25) is 0 Å². The van der Waals surface area contributed by atoms with Crippen LogP contribution >= 0.6 is 23.1 Å². The van der Waals surface area contributed by atoms with Crippen molar-refractivity contribution in [2.75, 3.05) is 6.54 Å². The standard InChI is InChI=1S/C13H17NS2/c14-7-3-4-11-8-13(15-9-11)10-16-12-5-1-2-6-12/h8-9,12H,1-2,5-7,10,14H2. The zero-order valence-corrected chi connectivity index (χ0v) is 11.0. The molecule has 1 heterocycles. The Kier molecular flexibility index (Phi) is 4.77. The van der Waals surface area contributed by atoms with Gasteiger partial charge in [0.25, 0.3) is 0 Å². The van der Waals surface area contributed by atoms with Crippen LogP contribution in [0.25, 0.3) is 0 Å². The van der Waals surface area contributed by atoms with E-state index in [1.807, 2.05) is 11.3 Å². The lowest BCUT2D eigenvalue weighted by Crippen LogP contribution is -1.93. The van der Waals surface area contributed by atoms with E-state index in [4.69, 9.17) is 5.73 Å². The lowest BCUT2D eigenvalue weighted by atomic mass is 10.3. The third kappa shape index (κ3) is 3.55. The second kappa shape index (κ2) is 6.34. The average molecular weight is 251 g/mol. The number of nitrogens with two attached hydrogens (primary N) is 1. The summed E-state index contributed by atoms with van der Waals surface area (Å²) in [5.41, 5.74) is 6.47. The summed E-state index contributed by atoms with van der Waals surface area (Å²) in [4.78, 5) is 1.44. The van der Waals surface area contributed by atoms with E-state index in [-0.39, 0.29) is 0 Å². The van der Waals surface area contributed by atoms with Gasteiger partial charge in [0.2, 0.25) is 0 Å². The van der Waals surface area contributed by atoms with Crippen molar-refractivity contribution >= 4 is 23.1 Å². The van der Waals surface area contributed by atoms with Crippen LogP contribution in [0, 0.1) is 11.8 Å². The molecule has 0 saturated heterocycles. The Morgan fingerprint density at radius 3 is 3.00 bits per heavy atom. The molecule has 1 fully saturated rings. The van der Waals surface area contributed by atoms with Crippen LogP contribution in [0.4, 0.5) is 0 Å². The van der Waals surface area contributed by atoms with Gasteiger partial charge in [-0.3, -0.25) is 0 Å². The molecule has 0 bridgehead atoms. The van der Waals surface area contributed by atoms with Crippen LogP contribution in [-0.4, -0.2) is 11.8 Å². The van der Waals surface area contributed by atoms with E-state index in [1.54, 1.807) is 0 Å². The Balaban J connectivity index is 1.82. The van der Waals surface area contributed by atoms with Gasteiger partial charge in [-0.25, -0.2) is 0 Å². The molecule has 0 aromatic carbocycles. The van der Waals surface area contributed by atoms with Gasteiger partial charge in [0.05, 0.1) is 6.54 Å². The number of thioether (sulfide) groups is 1. The van der Waals surface area contributed by atoms with Crippen LogP contribution in [0.5, 0.6) is 0 Å². The molecule has 3 heteroatoms. The summed E-state index contributed by atoms with van der Waals surface area (Å²) < 4.78 is 0. The summed E-state index contributed by atoms with van der Waals surface area (Å²) in [6, 6.07) is 2.20. The highest BCUT2D eigenvalue weighted by molar-refractivity contribution is 7.99. The first kappa shape index (κ1) is 12.0. The van der Waals surface area contributed by atoms with E-state index < -0.39 is 0 Å². The van der Waals surface area contributed by atoms with E-state index in [0.717, 1.165) is 16.6 Å². The molecule has 1 aliphatic rings. The fourth-order valence-electron chi connectivity index (χ4n) is 1.93. The van der Waals surface area contributed by atoms with Gasteiger partial charge < -0.3 is 5.73 Å². The summed E-state index contributed by atoms with van der Waals surface area (Å²) in [7, 11) is 0. The molecule has 0 atom stereocenters. The van der Waals surface area contributed by atoms with Crippen LogP contribution in [0.15, 0.2) is 11.4 Å². The Bertz CT molecular complexity index is 380. The second-order valence-electron chi connectivity index (χ2n) is 4.03. The Morgan fingerprint density at radius 1 is 1.44 bits per heavy atom. The lowest BCUT2D eigenvalue weighted by molar-refractivity contribution is 0.886. The van der Waals surface area contributed by atoms with Gasteiger partial charge in [-0.15, -0.1) is 11.3 Å². The highest BCUT2D eigenvalue weighted by Gasteiger charge is 2.15. The highest BCUT2D eigenvalue weighted by atomic mass is 32.2. The second-order valence-corrected chi connectivity index (χ2v) is 6.31. The molecule has 0 amide bonds. The van der Waals surface area contributed by atoms with Crippen molar-refractivity contribution in [3.63, 3.8) is 0 Å². The third-order valence-corrected chi connectivity index (χ3v) is 5.29. The van der Waals surface area contributed by atoms with Crippen molar-refractivity contribution in [1.29, 1.82) is 0 Å². The normalized spacial score (nSPS) is 16.1. The first-order valence-corrected chi connectivity index (χ1v) is 7.69. The summed E-state index contributed by atoms with van der Waals surface area (Å²) >= 11 is 3.93. The molecular weight excluding hydrogens is 234 g/mol. The van der Waals surface area contributed by atoms with E-state index in [1.165, 1.54) is 30.6 Å². The smallest absolute Gasteiger partial charge is 0.0555 e. The molecule has 0 spiro atoms. The van der Waals surface area contributed by atoms with Crippen molar-refractivity contribution in [1.82, 2.24) is 0 Å². The number of hydrogen-bond donors (Lipinski definition) is 1. The molecule has 16 heavy (non-hydrogen) atoms. The fraction of sp³-hybridized carbons (Fsp3) is 0.538. The number of hydrogen-bond acceptors (Lipinski definition) is 3. The molecule has 1 nitrogen and oxygen atoms in total. The average Bonchev–Trinajstić information content (AvgIpc) is 2.95. The zero-order chi connectivity index (χ0) is 11.2. The van der Waals surface area contributed by atoms with E-state index in [2.05, 4.69) is 35.0 Å². The third-order valence-electron chi connectivity index (χ3n) is 2.75. The van der Waals surface area contributed by atoms with Crippen molar-refractivity contribution in [2.24, 2.45) is 5.73 Å². The van der Waals surface area contributed by atoms with Gasteiger partial charge in [0.1, 0.15) is 0 Å². The van der Waals surface area contributed by atoms with Crippen LogP contribution < -0.4 is 5.73 Å². The maximum atomic E-state index is 5.35. The molecule has 2 rings (SSSR count). The molecule has 1 aromatic heterocycles. The molecular formula is C13H17NS2. The summed E-state index contributed by atoms with van der Waals surface area (Å²) in [5, 5.41) is 3.04. The monoisotopic (exact) mass is 251 g/mol. The quantitative estimate of drug-likeness (QED) is 0.835. The van der Waals surface area contributed by atoms with Gasteiger partial charge >= 0.3 is 0 Å². The van der Waals surface area contributed by atoms with Crippen LogP contribution in [0.1, 0.15) is 36.1 Å².